The Morgan fingerprint density at radius 1 is 0.590 bits per heavy atom. The number of aromatic amines is 2. The highest BCUT2D eigenvalue weighted by molar-refractivity contribution is 14.0. The van der Waals surface area contributed by atoms with E-state index in [0.717, 1.165) is 28.4 Å². The fraction of sp³-hybridized carbons (Fsp3) is 0.273. The molecule has 6 aromatic rings. The molecule has 0 unspecified atom stereocenters. The molecule has 2 aliphatic heterocycles. The first kappa shape index (κ1) is 47.9. The quantitative estimate of drug-likeness (QED) is 0.0788. The third-order valence-electron chi connectivity index (χ3n) is 10.3. The lowest BCUT2D eigenvalue weighted by molar-refractivity contribution is -0.128. The number of aryl methyl sites for hydroxylation is 2. The number of halogens is 3. The van der Waals surface area contributed by atoms with E-state index in [1.54, 1.807) is 58.6 Å². The van der Waals surface area contributed by atoms with Gasteiger partial charge in [-0.1, -0.05) is 51.3 Å². The first-order valence-electron chi connectivity index (χ1n) is 18.5. The molecule has 2 N–H and O–H groups in total. The zero-order chi connectivity index (χ0) is 41.1. The van der Waals surface area contributed by atoms with Gasteiger partial charge in [-0.3, -0.25) is 33.8 Å². The van der Waals surface area contributed by atoms with E-state index in [1.807, 2.05) is 38.1 Å². The summed E-state index contributed by atoms with van der Waals surface area (Å²) in [4.78, 5) is 96.5. The van der Waals surface area contributed by atoms with Gasteiger partial charge >= 0.3 is 0 Å². The Hall–Kier alpha value is -5.82. The largest absolute Gasteiger partial charge is 0.359 e. The molecule has 0 radical (unpaired) electrons. The van der Waals surface area contributed by atoms with Crippen LogP contribution < -0.4 is 0 Å². The molecule has 8 rings (SSSR count). The van der Waals surface area contributed by atoms with Crippen LogP contribution in [0.5, 0.6) is 0 Å². The number of carbonyl (C=O) groups is 6. The number of pyridine rings is 2. The van der Waals surface area contributed by atoms with Gasteiger partial charge in [0.1, 0.15) is 4.60 Å². The minimum atomic E-state index is -0.795. The number of rotatable bonds is 6. The van der Waals surface area contributed by atoms with Crippen LogP contribution in [0, 0.1) is 19.7 Å². The maximum atomic E-state index is 14.2. The summed E-state index contributed by atoms with van der Waals surface area (Å²) in [5, 5.41) is 0.775. The van der Waals surface area contributed by atoms with Crippen molar-refractivity contribution in [2.75, 3.05) is 52.4 Å². The maximum absolute atomic E-state index is 14.2. The summed E-state index contributed by atoms with van der Waals surface area (Å²) in [6.07, 6.45) is 5.60. The number of nitrogens with one attached hydrogen (secondary N) is 2. The van der Waals surface area contributed by atoms with Crippen LogP contribution in [0.3, 0.4) is 0 Å². The third-order valence-corrected chi connectivity index (χ3v) is 10.9. The summed E-state index contributed by atoms with van der Waals surface area (Å²) >= 11 is 3.19. The number of piperazine rings is 2. The highest BCUT2D eigenvalue weighted by Crippen LogP contribution is 2.28. The summed E-state index contributed by atoms with van der Waals surface area (Å²) in [6.45, 7) is 6.34. The number of hydrogen-bond donors (Lipinski definition) is 2. The molecule has 0 spiro atoms. The molecule has 4 amide bonds. The summed E-state index contributed by atoms with van der Waals surface area (Å²) < 4.78 is 14.6. The predicted octanol–water partition coefficient (Wildman–Crippen LogP) is 6.87. The van der Waals surface area contributed by atoms with Gasteiger partial charge in [0.05, 0.1) is 39.4 Å². The van der Waals surface area contributed by atoms with E-state index in [-0.39, 0.29) is 74.7 Å². The molecule has 61 heavy (non-hydrogen) atoms. The highest BCUT2D eigenvalue weighted by atomic mass is 127. The molecule has 2 fully saturated rings. The molecular weight excluding hydrogens is 962 g/mol. The predicted molar refractivity (Wildman–Crippen MR) is 245 cm³/mol. The van der Waals surface area contributed by atoms with Gasteiger partial charge in [-0.2, -0.15) is 0 Å². The van der Waals surface area contributed by atoms with Crippen LogP contribution in [0.15, 0.2) is 90.1 Å². The molecule has 17 heteroatoms. The minimum Gasteiger partial charge on any atom is -0.359 e. The molecule has 0 saturated carbocycles. The van der Waals surface area contributed by atoms with Gasteiger partial charge in [0.15, 0.2) is 5.82 Å². The first-order valence-corrected chi connectivity index (χ1v) is 19.3. The van der Waals surface area contributed by atoms with Gasteiger partial charge in [0.25, 0.3) is 35.2 Å². The standard InChI is InChI=1S/C22H22N4O3.C20H16BrFN4O3.2CH4.HI/c1-14-12-23-15(2)19-18(14)17(13-24-19)20(27)22(29)26-10-8-25(9-11-26)21(28)16-6-4-3-5-7-16;21-18-16-15(14(22)11-24-18)13(10-23-16)17(27)20(29)26-8-6-25(7-9-26)19(28)12-4-2-1-3-5-12;;;/h3-7,12-13,24H,8-11H2,1-2H3;1-5,10-11,23H,6-9H2;2*1H4;1H. The number of nitrogens with zero attached hydrogens (tertiary/aromatic N) is 6. The van der Waals surface area contributed by atoms with Crippen molar-refractivity contribution < 1.29 is 33.2 Å². The van der Waals surface area contributed by atoms with Gasteiger partial charge in [0.2, 0.25) is 0 Å². The molecule has 6 heterocycles. The van der Waals surface area contributed by atoms with Crippen LogP contribution in [-0.2, 0) is 9.59 Å². The number of Topliss-reactive ketones (excluding diaryl/α,β-unsaturated/α-hetero) is 2. The Bertz CT molecular complexity index is 2390. The summed E-state index contributed by atoms with van der Waals surface area (Å²) in [5.74, 6) is -3.43. The van der Waals surface area contributed by atoms with Crippen molar-refractivity contribution in [2.45, 2.75) is 28.7 Å². The van der Waals surface area contributed by atoms with E-state index in [2.05, 4.69) is 35.9 Å². The van der Waals surface area contributed by atoms with E-state index < -0.39 is 29.2 Å². The zero-order valence-electron chi connectivity index (χ0n) is 32.0. The second-order valence-corrected chi connectivity index (χ2v) is 14.6. The number of carbonyl (C=O) groups excluding carboxylic acids is 6. The fourth-order valence-electron chi connectivity index (χ4n) is 7.15. The Kier molecular flexibility index (Phi) is 16.2. The maximum Gasteiger partial charge on any atom is 0.295 e. The van der Waals surface area contributed by atoms with Gasteiger partial charge < -0.3 is 29.6 Å². The lowest BCUT2D eigenvalue weighted by Gasteiger charge is -2.34. The normalized spacial score (nSPS) is 13.6. The van der Waals surface area contributed by atoms with Gasteiger partial charge in [-0.15, -0.1) is 24.0 Å². The van der Waals surface area contributed by atoms with Crippen LogP contribution in [-0.4, -0.2) is 127 Å². The summed E-state index contributed by atoms with van der Waals surface area (Å²) in [7, 11) is 0. The van der Waals surface area contributed by atoms with Gasteiger partial charge in [-0.05, 0) is 59.6 Å². The molecule has 2 saturated heterocycles. The van der Waals surface area contributed by atoms with Crippen LogP contribution in [0.2, 0.25) is 0 Å². The molecule has 4 aromatic heterocycles. The Morgan fingerprint density at radius 3 is 1.46 bits per heavy atom. The van der Waals surface area contributed by atoms with Crippen molar-refractivity contribution >= 4 is 96.9 Å². The number of ketones is 2. The highest BCUT2D eigenvalue weighted by Gasteiger charge is 2.32. The van der Waals surface area contributed by atoms with Crippen LogP contribution in [0.1, 0.15) is 67.5 Å². The zero-order valence-corrected chi connectivity index (χ0v) is 36.0. The van der Waals surface area contributed by atoms with Crippen molar-refractivity contribution in [3.05, 3.63) is 129 Å². The van der Waals surface area contributed by atoms with Crippen molar-refractivity contribution in [1.29, 1.82) is 0 Å². The average Bonchev–Trinajstić information content (AvgIpc) is 3.94. The number of fused-ring (bicyclic) bond motifs is 2. The number of benzene rings is 2. The van der Waals surface area contributed by atoms with E-state index in [4.69, 9.17) is 0 Å². The van der Waals surface area contributed by atoms with Crippen LogP contribution in [0.25, 0.3) is 21.8 Å². The van der Waals surface area contributed by atoms with Crippen molar-refractivity contribution in [3.63, 3.8) is 0 Å². The third kappa shape index (κ3) is 9.88. The SMILES string of the molecule is C.C.Cc1ncc(C)c2c(C(=O)C(=O)N3CCN(C(=O)c4ccccc4)CC3)c[nH]c12.I.O=C(C(=O)N1CCN(C(=O)c2ccccc2)CC1)c1c[nH]c2c(Br)ncc(F)c12. The van der Waals surface area contributed by atoms with Gasteiger partial charge in [-0.25, -0.2) is 9.37 Å². The smallest absolute Gasteiger partial charge is 0.295 e. The second kappa shape index (κ2) is 20.6. The molecule has 14 nitrogen and oxygen atoms in total. The fourth-order valence-corrected chi connectivity index (χ4v) is 7.56. The number of hydrogen-bond acceptors (Lipinski definition) is 8. The first-order chi connectivity index (χ1) is 27.9. The van der Waals surface area contributed by atoms with Crippen molar-refractivity contribution in [1.82, 2.24) is 39.5 Å². The monoisotopic (exact) mass is 1010 g/mol. The van der Waals surface area contributed by atoms with E-state index >= 15 is 0 Å². The second-order valence-electron chi connectivity index (χ2n) is 13.9. The molecule has 320 valence electrons. The minimum absolute atomic E-state index is 0. The lowest BCUT2D eigenvalue weighted by Crippen LogP contribution is -2.52. The molecule has 0 atom stereocenters. The number of aromatic nitrogens is 4. The van der Waals surface area contributed by atoms with Crippen molar-refractivity contribution in [2.24, 2.45) is 0 Å². The summed E-state index contributed by atoms with van der Waals surface area (Å²) in [6, 6.07) is 18.0. The lowest BCUT2D eigenvalue weighted by atomic mass is 10.0. The molecule has 0 bridgehead atoms. The van der Waals surface area contributed by atoms with Crippen molar-refractivity contribution in [3.8, 4) is 0 Å². The molecular formula is C44H47BrFIN8O6. The molecule has 2 aliphatic rings. The van der Waals surface area contributed by atoms with Crippen LogP contribution >= 0.6 is 39.9 Å². The van der Waals surface area contributed by atoms with E-state index in [1.165, 1.54) is 16.0 Å². The molecule has 2 aromatic carbocycles. The molecule has 0 aliphatic carbocycles. The van der Waals surface area contributed by atoms with E-state index in [9.17, 15) is 33.2 Å². The number of H-pyrrole nitrogens is 2. The average molecular weight is 1010 g/mol. The Balaban J connectivity index is 0.000000256. The Morgan fingerprint density at radius 2 is 1.00 bits per heavy atom. The topological polar surface area (TPSA) is 173 Å². The van der Waals surface area contributed by atoms with Crippen LogP contribution in [0.4, 0.5) is 4.39 Å². The summed E-state index contributed by atoms with van der Waals surface area (Å²) in [5.41, 5.74) is 4.27. The Labute approximate surface area is 378 Å². The van der Waals surface area contributed by atoms with E-state index in [0.29, 0.717) is 66.1 Å². The van der Waals surface area contributed by atoms with Gasteiger partial charge in [0, 0.05) is 87.5 Å². The number of amides is 4.